The lowest BCUT2D eigenvalue weighted by atomic mass is 10.0. The van der Waals surface area contributed by atoms with Gasteiger partial charge in [-0.2, -0.15) is 13.2 Å². The van der Waals surface area contributed by atoms with Gasteiger partial charge in [-0.05, 0) is 63.7 Å². The van der Waals surface area contributed by atoms with Gasteiger partial charge in [-0.3, -0.25) is 14.8 Å². The van der Waals surface area contributed by atoms with Crippen molar-refractivity contribution >= 4 is 17.3 Å². The first-order valence-corrected chi connectivity index (χ1v) is 11.3. The second-order valence-corrected chi connectivity index (χ2v) is 8.55. The number of alkyl halides is 3. The average molecular weight is 493 g/mol. The molecule has 1 aromatic rings. The Morgan fingerprint density at radius 3 is 2.69 bits per heavy atom. The van der Waals surface area contributed by atoms with Crippen molar-refractivity contribution in [1.29, 1.82) is 0 Å². The van der Waals surface area contributed by atoms with Gasteiger partial charge in [0, 0.05) is 42.7 Å². The lowest BCUT2D eigenvalue weighted by molar-refractivity contribution is -0.153. The van der Waals surface area contributed by atoms with Gasteiger partial charge < -0.3 is 26.0 Å². The number of nitrogens with one attached hydrogen (secondary N) is 2. The maximum atomic E-state index is 13.2. The summed E-state index contributed by atoms with van der Waals surface area (Å²) in [7, 11) is 3.65. The molecule has 8 nitrogen and oxygen atoms in total. The van der Waals surface area contributed by atoms with E-state index in [0.717, 1.165) is 25.9 Å². The number of likely N-dealkylation sites (tertiary alicyclic amines) is 1. The van der Waals surface area contributed by atoms with Crippen LogP contribution in [0.4, 0.5) is 13.2 Å². The number of halogens is 3. The van der Waals surface area contributed by atoms with Gasteiger partial charge in [0.1, 0.15) is 17.6 Å². The predicted molar refractivity (Wildman–Crippen MR) is 130 cm³/mol. The maximum Gasteiger partial charge on any atom is 0.422 e. The number of carbonyl (C=O) groups is 1. The van der Waals surface area contributed by atoms with Crippen LogP contribution in [-0.4, -0.2) is 74.4 Å². The van der Waals surface area contributed by atoms with Crippen LogP contribution in [-0.2, 0) is 4.79 Å². The average Bonchev–Trinajstić information content (AvgIpc) is 2.82. The third kappa shape index (κ3) is 7.32. The number of hydrogen-bond acceptors (Lipinski definition) is 7. The molecule has 2 unspecified atom stereocenters. The van der Waals surface area contributed by atoms with E-state index in [4.69, 9.17) is 10.5 Å². The van der Waals surface area contributed by atoms with Crippen molar-refractivity contribution in [2.24, 2.45) is 15.7 Å². The molecule has 2 heterocycles. The number of amides is 1. The Labute approximate surface area is 202 Å². The second-order valence-electron chi connectivity index (χ2n) is 8.55. The summed E-state index contributed by atoms with van der Waals surface area (Å²) in [5.41, 5.74) is 8.51. The molecule has 35 heavy (non-hydrogen) atoms. The van der Waals surface area contributed by atoms with Crippen LogP contribution in [0.5, 0.6) is 5.75 Å². The summed E-state index contributed by atoms with van der Waals surface area (Å²) in [6.07, 6.45) is -0.185. The van der Waals surface area contributed by atoms with E-state index in [1.807, 2.05) is 7.05 Å². The van der Waals surface area contributed by atoms with Crippen LogP contribution in [0.25, 0.3) is 0 Å². The maximum absolute atomic E-state index is 13.2. The van der Waals surface area contributed by atoms with Crippen molar-refractivity contribution in [3.8, 4) is 5.75 Å². The van der Waals surface area contributed by atoms with Gasteiger partial charge in [-0.25, -0.2) is 0 Å². The topological polar surface area (TPSA) is 104 Å². The quantitative estimate of drug-likeness (QED) is 0.507. The highest BCUT2D eigenvalue weighted by Gasteiger charge is 2.29. The van der Waals surface area contributed by atoms with E-state index >= 15 is 0 Å². The number of likely N-dealkylation sites (N-methyl/N-ethyl adjacent to an activating group) is 1. The van der Waals surface area contributed by atoms with Gasteiger partial charge in [0.2, 0.25) is 0 Å². The number of nitrogens with zero attached hydrogens (tertiary/aromatic N) is 3. The number of allylic oxidation sites excluding steroid dienone is 1. The van der Waals surface area contributed by atoms with Gasteiger partial charge in [-0.1, -0.05) is 0 Å². The molecule has 0 aliphatic carbocycles. The zero-order valence-electron chi connectivity index (χ0n) is 20.0. The number of nitrogens with two attached hydrogens (primary N) is 1. The largest absolute Gasteiger partial charge is 0.484 e. The summed E-state index contributed by atoms with van der Waals surface area (Å²) in [4.78, 5) is 24.2. The molecule has 190 valence electrons. The minimum atomic E-state index is -4.42. The molecule has 2 aliphatic rings. The molecule has 2 aliphatic heterocycles. The standard InChI is InChI=1S/C24H31F3N6O2/c1-15(29-2)19(12-28)22-31-20(16-6-8-18(9-7-16)35-14-24(25,26)27)11-21(32-22)23(34)30-17-5-4-10-33(3)13-17/h6-9,11-12,17,22,32H,4-5,10,13-14,28H2,1-3H3,(H,30,34)/b19-12+,29-15?. The van der Waals surface area contributed by atoms with Gasteiger partial charge in [0.05, 0.1) is 5.71 Å². The highest BCUT2D eigenvalue weighted by atomic mass is 19.4. The molecule has 0 radical (unpaired) electrons. The van der Waals surface area contributed by atoms with E-state index < -0.39 is 18.9 Å². The first kappa shape index (κ1) is 26.3. The van der Waals surface area contributed by atoms with Gasteiger partial charge >= 0.3 is 6.18 Å². The third-order valence-electron chi connectivity index (χ3n) is 5.83. The number of rotatable bonds is 7. The first-order valence-electron chi connectivity index (χ1n) is 11.3. The van der Waals surface area contributed by atoms with Crippen molar-refractivity contribution in [2.45, 2.75) is 38.1 Å². The molecule has 0 spiro atoms. The number of ether oxygens (including phenoxy) is 1. The summed E-state index contributed by atoms with van der Waals surface area (Å²) in [5, 5.41) is 6.22. The monoisotopic (exact) mass is 492 g/mol. The number of carbonyl (C=O) groups excluding carboxylic acids is 1. The van der Waals surface area contributed by atoms with E-state index in [2.05, 4.69) is 25.5 Å². The molecular formula is C24H31F3N6O2. The van der Waals surface area contributed by atoms with Gasteiger partial charge in [0.15, 0.2) is 6.61 Å². The molecule has 2 atom stereocenters. The van der Waals surface area contributed by atoms with Gasteiger partial charge in [0.25, 0.3) is 5.91 Å². The van der Waals surface area contributed by atoms with Crippen molar-refractivity contribution in [1.82, 2.24) is 15.5 Å². The number of piperidine rings is 1. The number of benzene rings is 1. The molecule has 3 rings (SSSR count). The van der Waals surface area contributed by atoms with E-state index in [9.17, 15) is 18.0 Å². The fourth-order valence-electron chi connectivity index (χ4n) is 3.94. The second kappa shape index (κ2) is 11.4. The van der Waals surface area contributed by atoms with Crippen molar-refractivity contribution in [3.05, 3.63) is 53.4 Å². The van der Waals surface area contributed by atoms with Crippen LogP contribution < -0.4 is 21.1 Å². The van der Waals surface area contributed by atoms with Crippen LogP contribution in [0.15, 0.2) is 57.8 Å². The SMILES string of the molecule is CN=C(C)/C(=C\N)C1N=C(c2ccc(OCC(F)(F)F)cc2)C=C(C(=O)NC2CCCN(C)C2)N1. The van der Waals surface area contributed by atoms with E-state index in [1.165, 1.54) is 18.3 Å². The predicted octanol–water partition coefficient (Wildman–Crippen LogP) is 2.37. The van der Waals surface area contributed by atoms with Crippen molar-refractivity contribution in [2.75, 3.05) is 33.8 Å². The Balaban J connectivity index is 1.87. The van der Waals surface area contributed by atoms with Crippen LogP contribution in [0.3, 0.4) is 0 Å². The normalized spacial score (nSPS) is 22.1. The molecule has 11 heteroatoms. The summed E-state index contributed by atoms with van der Waals surface area (Å²) >= 11 is 0. The Hall–Kier alpha value is -3.34. The Bertz CT molecular complexity index is 1030. The first-order chi connectivity index (χ1) is 16.6. The lowest BCUT2D eigenvalue weighted by Gasteiger charge is -2.31. The molecule has 0 bridgehead atoms. The van der Waals surface area contributed by atoms with Crippen LogP contribution in [0.2, 0.25) is 0 Å². The molecule has 1 saturated heterocycles. The number of hydrogen-bond donors (Lipinski definition) is 3. The van der Waals surface area contributed by atoms with E-state index in [0.29, 0.717) is 28.3 Å². The van der Waals surface area contributed by atoms with Crippen LogP contribution >= 0.6 is 0 Å². The van der Waals surface area contributed by atoms with Crippen LogP contribution in [0, 0.1) is 0 Å². The Morgan fingerprint density at radius 2 is 2.09 bits per heavy atom. The smallest absolute Gasteiger partial charge is 0.422 e. The zero-order chi connectivity index (χ0) is 25.6. The molecule has 1 amide bonds. The Morgan fingerprint density at radius 1 is 1.37 bits per heavy atom. The zero-order valence-corrected chi connectivity index (χ0v) is 20.0. The highest BCUT2D eigenvalue weighted by molar-refractivity contribution is 6.14. The van der Waals surface area contributed by atoms with E-state index in [1.54, 1.807) is 32.2 Å². The fourth-order valence-corrected chi connectivity index (χ4v) is 3.94. The lowest BCUT2D eigenvalue weighted by Crippen LogP contribution is -2.49. The van der Waals surface area contributed by atoms with Crippen molar-refractivity contribution < 1.29 is 22.7 Å². The summed E-state index contributed by atoms with van der Waals surface area (Å²) in [5.74, 6) is -0.188. The van der Waals surface area contributed by atoms with Crippen LogP contribution in [0.1, 0.15) is 25.3 Å². The fraction of sp³-hybridized carbons (Fsp3) is 0.458. The summed E-state index contributed by atoms with van der Waals surface area (Å²) in [6.45, 7) is 2.17. The molecule has 0 aromatic heterocycles. The third-order valence-corrected chi connectivity index (χ3v) is 5.83. The molecule has 1 aromatic carbocycles. The molecule has 1 fully saturated rings. The van der Waals surface area contributed by atoms with E-state index in [-0.39, 0.29) is 17.7 Å². The molecular weight excluding hydrogens is 461 g/mol. The van der Waals surface area contributed by atoms with Gasteiger partial charge in [-0.15, -0.1) is 0 Å². The Kier molecular flexibility index (Phi) is 8.55. The molecule has 4 N–H and O–H groups in total. The summed E-state index contributed by atoms with van der Waals surface area (Å²) in [6, 6.07) is 6.09. The molecule has 0 saturated carbocycles. The summed E-state index contributed by atoms with van der Waals surface area (Å²) < 4.78 is 42.1. The minimum absolute atomic E-state index is 0.0261. The minimum Gasteiger partial charge on any atom is -0.484 e. The van der Waals surface area contributed by atoms with Crippen molar-refractivity contribution in [3.63, 3.8) is 0 Å². The number of aliphatic imine (C=N–C) groups is 2. The highest BCUT2D eigenvalue weighted by Crippen LogP contribution is 2.21.